The minimum atomic E-state index is -0.473. The molecule has 0 bridgehead atoms. The average Bonchev–Trinajstić information content (AvgIpc) is 3.02. The van der Waals surface area contributed by atoms with Crippen molar-refractivity contribution in [2.75, 3.05) is 46.3 Å². The predicted molar refractivity (Wildman–Crippen MR) is 118 cm³/mol. The van der Waals surface area contributed by atoms with Gasteiger partial charge in [-0.25, -0.2) is 4.39 Å². The molecule has 1 saturated heterocycles. The van der Waals surface area contributed by atoms with Crippen LogP contribution in [0.3, 0.4) is 0 Å². The Morgan fingerprint density at radius 2 is 1.75 bits per heavy atom. The van der Waals surface area contributed by atoms with Crippen LogP contribution in [0.15, 0.2) is 42.5 Å². The van der Waals surface area contributed by atoms with Crippen molar-refractivity contribution in [3.05, 3.63) is 70.5 Å². The molecule has 1 N–H and O–H groups in total. The van der Waals surface area contributed by atoms with Crippen LogP contribution in [0.5, 0.6) is 0 Å². The summed E-state index contributed by atoms with van der Waals surface area (Å²) in [5, 5.41) is 2.89. The molecule has 3 amide bonds. The van der Waals surface area contributed by atoms with E-state index in [0.717, 1.165) is 44.0 Å². The van der Waals surface area contributed by atoms with Crippen molar-refractivity contribution in [2.24, 2.45) is 0 Å². The second-order valence-electron chi connectivity index (χ2n) is 8.34. The van der Waals surface area contributed by atoms with Gasteiger partial charge in [0.25, 0.3) is 17.7 Å². The Morgan fingerprint density at radius 3 is 2.50 bits per heavy atom. The first kappa shape index (κ1) is 22.1. The quantitative estimate of drug-likeness (QED) is 0.529. The molecule has 8 heteroatoms. The van der Waals surface area contributed by atoms with Crippen LogP contribution < -0.4 is 5.32 Å². The molecule has 0 aromatic heterocycles. The van der Waals surface area contributed by atoms with Crippen LogP contribution >= 0.6 is 0 Å². The van der Waals surface area contributed by atoms with Gasteiger partial charge in [-0.2, -0.15) is 0 Å². The van der Waals surface area contributed by atoms with Gasteiger partial charge in [-0.05, 0) is 55.9 Å². The van der Waals surface area contributed by atoms with Gasteiger partial charge in [0.05, 0.1) is 17.7 Å². The second kappa shape index (κ2) is 9.58. The smallest absolute Gasteiger partial charge is 0.261 e. The number of rotatable bonds is 7. The number of nitrogens with zero attached hydrogens (tertiary/aromatic N) is 3. The molecule has 4 rings (SSSR count). The molecule has 7 nitrogen and oxygen atoms in total. The molecule has 1 fully saturated rings. The van der Waals surface area contributed by atoms with E-state index in [0.29, 0.717) is 17.7 Å². The van der Waals surface area contributed by atoms with Crippen LogP contribution in [-0.2, 0) is 6.54 Å². The number of hydrogen-bond donors (Lipinski definition) is 1. The van der Waals surface area contributed by atoms with Crippen molar-refractivity contribution >= 4 is 17.7 Å². The zero-order valence-electron chi connectivity index (χ0n) is 18.1. The van der Waals surface area contributed by atoms with Gasteiger partial charge in [-0.15, -0.1) is 0 Å². The zero-order valence-corrected chi connectivity index (χ0v) is 18.1. The van der Waals surface area contributed by atoms with Crippen molar-refractivity contribution < 1.29 is 18.8 Å². The summed E-state index contributed by atoms with van der Waals surface area (Å²) in [5.74, 6) is -1.60. The van der Waals surface area contributed by atoms with Gasteiger partial charge in [-0.1, -0.05) is 12.1 Å². The highest BCUT2D eigenvalue weighted by Gasteiger charge is 2.36. The van der Waals surface area contributed by atoms with E-state index in [4.69, 9.17) is 0 Å². The van der Waals surface area contributed by atoms with Crippen LogP contribution in [0.25, 0.3) is 0 Å². The fourth-order valence-electron chi connectivity index (χ4n) is 4.07. The number of fused-ring (bicyclic) bond motifs is 1. The zero-order chi connectivity index (χ0) is 22.7. The van der Waals surface area contributed by atoms with Gasteiger partial charge < -0.3 is 15.1 Å². The van der Waals surface area contributed by atoms with Crippen molar-refractivity contribution in [3.8, 4) is 0 Å². The van der Waals surface area contributed by atoms with Gasteiger partial charge >= 0.3 is 0 Å². The molecule has 0 unspecified atom stereocenters. The standard InChI is InChI=1S/C24H27FN4O3/c1-27-10-12-28(13-11-27)9-3-8-26-22(30)18-6-7-20-21(15-18)24(32)29(23(20)31)16-17-4-2-5-19(25)14-17/h2,4-7,14-15H,3,8-13,16H2,1H3,(H,26,30). The highest BCUT2D eigenvalue weighted by Crippen LogP contribution is 2.26. The van der Waals surface area contributed by atoms with Gasteiger partial charge in [0.2, 0.25) is 0 Å². The lowest BCUT2D eigenvalue weighted by Crippen LogP contribution is -2.45. The van der Waals surface area contributed by atoms with Crippen molar-refractivity contribution in [2.45, 2.75) is 13.0 Å². The maximum absolute atomic E-state index is 13.5. The Morgan fingerprint density at radius 1 is 1.00 bits per heavy atom. The van der Waals surface area contributed by atoms with Gasteiger partial charge in [0.15, 0.2) is 0 Å². The van der Waals surface area contributed by atoms with Gasteiger partial charge in [0.1, 0.15) is 5.82 Å². The fraction of sp³-hybridized carbons (Fsp3) is 0.375. The third-order valence-electron chi connectivity index (χ3n) is 6.00. The normalized spacial score (nSPS) is 17.0. The Labute approximate surface area is 186 Å². The maximum atomic E-state index is 13.5. The van der Waals surface area contributed by atoms with Crippen molar-refractivity contribution in [1.29, 1.82) is 0 Å². The summed E-state index contributed by atoms with van der Waals surface area (Å²) < 4.78 is 13.5. The topological polar surface area (TPSA) is 73.0 Å². The number of amides is 3. The number of halogens is 1. The molecule has 2 aromatic rings. The fourth-order valence-corrected chi connectivity index (χ4v) is 4.07. The van der Waals surface area contributed by atoms with Crippen LogP contribution in [0, 0.1) is 5.82 Å². The van der Waals surface area contributed by atoms with E-state index in [1.54, 1.807) is 12.1 Å². The Kier molecular flexibility index (Phi) is 6.62. The number of imide groups is 1. The molecule has 32 heavy (non-hydrogen) atoms. The van der Waals surface area contributed by atoms with Crippen LogP contribution in [0.1, 0.15) is 43.1 Å². The molecule has 168 valence electrons. The van der Waals surface area contributed by atoms with Crippen LogP contribution in [0.2, 0.25) is 0 Å². The van der Waals surface area contributed by atoms with Crippen molar-refractivity contribution in [3.63, 3.8) is 0 Å². The molecule has 0 saturated carbocycles. The molecule has 2 heterocycles. The lowest BCUT2D eigenvalue weighted by molar-refractivity contribution is 0.0642. The third kappa shape index (κ3) is 4.87. The lowest BCUT2D eigenvalue weighted by atomic mass is 10.1. The first-order chi connectivity index (χ1) is 15.4. The number of likely N-dealkylation sites (N-methyl/N-ethyl adjacent to an activating group) is 1. The highest BCUT2D eigenvalue weighted by molar-refractivity contribution is 6.22. The predicted octanol–water partition coefficient (Wildman–Crippen LogP) is 1.99. The molecule has 2 aromatic carbocycles. The molecule has 2 aliphatic heterocycles. The number of nitrogens with one attached hydrogen (secondary N) is 1. The molecule has 0 radical (unpaired) electrons. The number of carbonyl (C=O) groups excluding carboxylic acids is 3. The van der Waals surface area contributed by atoms with E-state index in [9.17, 15) is 18.8 Å². The summed E-state index contributed by atoms with van der Waals surface area (Å²) in [6.07, 6.45) is 0.846. The number of benzene rings is 2. The van der Waals surface area contributed by atoms with Crippen LogP contribution in [-0.4, -0.2) is 78.7 Å². The molecular weight excluding hydrogens is 411 g/mol. The molecule has 0 atom stereocenters. The Hall–Kier alpha value is -3.10. The highest BCUT2D eigenvalue weighted by atomic mass is 19.1. The van der Waals surface area contributed by atoms with E-state index in [-0.39, 0.29) is 23.6 Å². The van der Waals surface area contributed by atoms with E-state index in [1.807, 2.05) is 0 Å². The Balaban J connectivity index is 1.34. The lowest BCUT2D eigenvalue weighted by Gasteiger charge is -2.32. The summed E-state index contributed by atoms with van der Waals surface area (Å²) in [4.78, 5) is 43.8. The molecule has 0 aliphatic carbocycles. The monoisotopic (exact) mass is 438 g/mol. The molecule has 0 spiro atoms. The van der Waals surface area contributed by atoms with Crippen LogP contribution in [0.4, 0.5) is 4.39 Å². The van der Waals surface area contributed by atoms with Crippen molar-refractivity contribution in [1.82, 2.24) is 20.0 Å². The molecule has 2 aliphatic rings. The van der Waals surface area contributed by atoms with E-state index in [1.165, 1.54) is 30.3 Å². The first-order valence-electron chi connectivity index (χ1n) is 10.9. The number of hydrogen-bond acceptors (Lipinski definition) is 5. The van der Waals surface area contributed by atoms with Gasteiger partial charge in [-0.3, -0.25) is 19.3 Å². The van der Waals surface area contributed by atoms with E-state index >= 15 is 0 Å². The summed E-state index contributed by atoms with van der Waals surface area (Å²) in [6.45, 7) is 5.66. The number of carbonyl (C=O) groups is 3. The average molecular weight is 439 g/mol. The van der Waals surface area contributed by atoms with Gasteiger partial charge in [0, 0.05) is 38.3 Å². The molecular formula is C24H27FN4O3. The summed E-state index contributed by atoms with van der Waals surface area (Å²) in [5.41, 5.74) is 1.34. The maximum Gasteiger partial charge on any atom is 0.261 e. The SMILES string of the molecule is CN1CCN(CCCNC(=O)c2ccc3c(c2)C(=O)N(Cc2cccc(F)c2)C3=O)CC1. The Bertz CT molecular complexity index is 1030. The largest absolute Gasteiger partial charge is 0.352 e. The second-order valence-corrected chi connectivity index (χ2v) is 8.34. The minimum Gasteiger partial charge on any atom is -0.352 e. The summed E-state index contributed by atoms with van der Waals surface area (Å²) >= 11 is 0. The van der Waals surface area contributed by atoms with E-state index < -0.39 is 17.6 Å². The minimum absolute atomic E-state index is 0.0159. The van der Waals surface area contributed by atoms with E-state index in [2.05, 4.69) is 22.2 Å². The third-order valence-corrected chi connectivity index (χ3v) is 6.00. The first-order valence-corrected chi connectivity index (χ1v) is 10.9. The summed E-state index contributed by atoms with van der Waals surface area (Å²) in [7, 11) is 2.12. The number of piperazine rings is 1. The summed E-state index contributed by atoms with van der Waals surface area (Å²) in [6, 6.07) is 10.3.